The predicted molar refractivity (Wildman–Crippen MR) is 140 cm³/mol. The predicted octanol–water partition coefficient (Wildman–Crippen LogP) is -3.13. The molecule has 0 spiro atoms. The number of nitrogens with zero attached hydrogens (tertiary/aromatic N) is 2. The van der Waals surface area contributed by atoms with Crippen LogP contribution in [0.15, 0.2) is 60.7 Å². The highest BCUT2D eigenvalue weighted by Gasteiger charge is 2.33. The van der Waals surface area contributed by atoms with Gasteiger partial charge in [0.1, 0.15) is 36.6 Å². The van der Waals surface area contributed by atoms with Crippen molar-refractivity contribution in [1.82, 2.24) is 0 Å². The van der Waals surface area contributed by atoms with Crippen LogP contribution in [-0.2, 0) is 0 Å². The molecule has 2 aromatic carbocycles. The largest absolute Gasteiger partial charge is 0.394 e. The first-order valence-corrected chi connectivity index (χ1v) is 12.4. The SMILES string of the molecule is OCC(O)[C@@H](O)C(O)[C@@H](O)CN(CCN(CC(O)[C@@H](O)[C@@H](O)C(O)CO)c1ccccc1)c1ccccc1. The summed E-state index contributed by atoms with van der Waals surface area (Å²) in [6.07, 6.45) is -13.3. The van der Waals surface area contributed by atoms with E-state index in [-0.39, 0.29) is 26.2 Å². The summed E-state index contributed by atoms with van der Waals surface area (Å²) < 4.78 is 0. The Kier molecular flexibility index (Phi) is 13.3. The van der Waals surface area contributed by atoms with Crippen molar-refractivity contribution >= 4 is 11.4 Å². The van der Waals surface area contributed by atoms with Crippen LogP contribution in [0, 0.1) is 0 Å². The van der Waals surface area contributed by atoms with Crippen molar-refractivity contribution in [3.8, 4) is 0 Å². The molecule has 0 amide bonds. The highest BCUT2D eigenvalue weighted by atomic mass is 16.4. The van der Waals surface area contributed by atoms with Crippen LogP contribution in [0.3, 0.4) is 0 Å². The summed E-state index contributed by atoms with van der Waals surface area (Å²) in [4.78, 5) is 3.43. The van der Waals surface area contributed by atoms with E-state index >= 15 is 0 Å². The zero-order valence-corrected chi connectivity index (χ0v) is 21.0. The van der Waals surface area contributed by atoms with Crippen LogP contribution < -0.4 is 9.80 Å². The number of para-hydroxylation sites is 2. The Morgan fingerprint density at radius 3 is 1.03 bits per heavy atom. The molecule has 2 aromatic rings. The van der Waals surface area contributed by atoms with Crippen LogP contribution in [0.5, 0.6) is 0 Å². The third kappa shape index (κ3) is 9.13. The second-order valence-electron chi connectivity index (χ2n) is 9.16. The topological polar surface area (TPSA) is 209 Å². The molecule has 0 radical (unpaired) electrons. The minimum absolute atomic E-state index is 0.157. The van der Waals surface area contributed by atoms with Crippen LogP contribution in [0.4, 0.5) is 11.4 Å². The molecule has 214 valence electrons. The second kappa shape index (κ2) is 15.9. The van der Waals surface area contributed by atoms with Gasteiger partial charge >= 0.3 is 0 Å². The molecule has 12 nitrogen and oxygen atoms in total. The third-order valence-electron chi connectivity index (χ3n) is 6.35. The molecule has 0 saturated carbocycles. The van der Waals surface area contributed by atoms with E-state index in [2.05, 4.69) is 0 Å². The van der Waals surface area contributed by atoms with Crippen LogP contribution in [0.1, 0.15) is 0 Å². The summed E-state index contributed by atoms with van der Waals surface area (Å²) in [6, 6.07) is 17.8. The highest BCUT2D eigenvalue weighted by molar-refractivity contribution is 5.49. The van der Waals surface area contributed by atoms with Crippen LogP contribution in [0.25, 0.3) is 0 Å². The number of hydrogen-bond acceptors (Lipinski definition) is 12. The Hall–Kier alpha value is -2.36. The lowest BCUT2D eigenvalue weighted by Gasteiger charge is -2.35. The van der Waals surface area contributed by atoms with E-state index in [0.717, 1.165) is 0 Å². The third-order valence-corrected chi connectivity index (χ3v) is 6.35. The van der Waals surface area contributed by atoms with Crippen LogP contribution in [0.2, 0.25) is 0 Å². The number of aliphatic hydroxyl groups excluding tert-OH is 10. The lowest BCUT2D eigenvalue weighted by atomic mass is 10.0. The molecular formula is C26H40N2O10. The molecule has 0 aliphatic carbocycles. The number of anilines is 2. The van der Waals surface area contributed by atoms with Gasteiger partial charge in [0, 0.05) is 37.6 Å². The maximum Gasteiger partial charge on any atom is 0.111 e. The van der Waals surface area contributed by atoms with Gasteiger partial charge < -0.3 is 60.9 Å². The molecule has 0 saturated heterocycles. The standard InChI is InChI=1S/C26H40N2O10/c29-15-21(33)25(37)23(35)19(31)13-27(17-7-3-1-4-8-17)11-12-28(18-9-5-2-6-10-18)14-20(32)24(36)26(38)22(34)16-30/h1-10,19-26,29-38H,11-16H2/t19-,20?,21?,22?,23?,24+,25+,26-/m0/s1. The van der Waals surface area contributed by atoms with Gasteiger partial charge in [-0.15, -0.1) is 0 Å². The smallest absolute Gasteiger partial charge is 0.111 e. The molecule has 0 bridgehead atoms. The van der Waals surface area contributed by atoms with E-state index in [1.807, 2.05) is 0 Å². The van der Waals surface area contributed by atoms with Crippen molar-refractivity contribution in [2.24, 2.45) is 0 Å². The maximum absolute atomic E-state index is 10.6. The number of benzene rings is 2. The molecule has 2 rings (SSSR count). The fourth-order valence-corrected chi connectivity index (χ4v) is 3.96. The molecule has 10 N–H and O–H groups in total. The molecule has 0 aliphatic heterocycles. The first-order valence-electron chi connectivity index (χ1n) is 12.4. The minimum atomic E-state index is -1.77. The fourth-order valence-electron chi connectivity index (χ4n) is 3.96. The number of aliphatic hydroxyl groups is 10. The van der Waals surface area contributed by atoms with E-state index in [0.29, 0.717) is 11.4 Å². The van der Waals surface area contributed by atoms with Crippen molar-refractivity contribution in [2.75, 3.05) is 49.2 Å². The first kappa shape index (κ1) is 31.9. The molecule has 4 unspecified atom stereocenters. The molecule has 0 fully saturated rings. The van der Waals surface area contributed by atoms with Gasteiger partial charge in [0.15, 0.2) is 0 Å². The number of hydrogen-bond donors (Lipinski definition) is 10. The van der Waals surface area contributed by atoms with Gasteiger partial charge in [-0.05, 0) is 24.3 Å². The van der Waals surface area contributed by atoms with Crippen molar-refractivity contribution < 1.29 is 51.1 Å². The van der Waals surface area contributed by atoms with E-state index in [9.17, 15) is 40.9 Å². The van der Waals surface area contributed by atoms with Crippen molar-refractivity contribution in [2.45, 2.75) is 48.8 Å². The number of rotatable bonds is 17. The first-order chi connectivity index (χ1) is 18.1. The highest BCUT2D eigenvalue weighted by Crippen LogP contribution is 2.19. The average molecular weight is 541 g/mol. The van der Waals surface area contributed by atoms with Gasteiger partial charge in [-0.25, -0.2) is 0 Å². The van der Waals surface area contributed by atoms with Crippen molar-refractivity contribution in [3.63, 3.8) is 0 Å². The van der Waals surface area contributed by atoms with Gasteiger partial charge in [-0.2, -0.15) is 0 Å². The normalized spacial score (nSPS) is 18.1. The summed E-state index contributed by atoms with van der Waals surface area (Å²) in [6.45, 7) is -1.45. The molecule has 0 aliphatic rings. The molecule has 8 atom stereocenters. The molecule has 0 aromatic heterocycles. The van der Waals surface area contributed by atoms with Gasteiger partial charge in [0.2, 0.25) is 0 Å². The maximum atomic E-state index is 10.6. The van der Waals surface area contributed by atoms with E-state index in [4.69, 9.17) is 10.2 Å². The Balaban J connectivity index is 2.21. The Labute approximate surface area is 221 Å². The van der Waals surface area contributed by atoms with Gasteiger partial charge in [-0.3, -0.25) is 0 Å². The lowest BCUT2D eigenvalue weighted by molar-refractivity contribution is -0.113. The van der Waals surface area contributed by atoms with E-state index < -0.39 is 62.0 Å². The van der Waals surface area contributed by atoms with Crippen molar-refractivity contribution in [1.29, 1.82) is 0 Å². The molecule has 12 heteroatoms. The fraction of sp³-hybridized carbons (Fsp3) is 0.538. The Bertz CT molecular complexity index is 823. The zero-order chi connectivity index (χ0) is 28.2. The quantitative estimate of drug-likeness (QED) is 0.0966. The molecule has 0 heterocycles. The minimum Gasteiger partial charge on any atom is -0.394 e. The monoisotopic (exact) mass is 540 g/mol. The zero-order valence-electron chi connectivity index (χ0n) is 21.0. The van der Waals surface area contributed by atoms with Crippen LogP contribution in [-0.4, -0.2) is 139 Å². The van der Waals surface area contributed by atoms with Gasteiger partial charge in [-0.1, -0.05) is 36.4 Å². The molecule has 38 heavy (non-hydrogen) atoms. The lowest BCUT2D eigenvalue weighted by Crippen LogP contribution is -2.52. The summed E-state index contributed by atoms with van der Waals surface area (Å²) in [5.41, 5.74) is 1.34. The summed E-state index contributed by atoms with van der Waals surface area (Å²) >= 11 is 0. The summed E-state index contributed by atoms with van der Waals surface area (Å²) in [5, 5.41) is 99.2. The van der Waals surface area contributed by atoms with E-state index in [1.54, 1.807) is 70.5 Å². The van der Waals surface area contributed by atoms with E-state index in [1.165, 1.54) is 0 Å². The summed E-state index contributed by atoms with van der Waals surface area (Å²) in [7, 11) is 0. The van der Waals surface area contributed by atoms with Crippen molar-refractivity contribution in [3.05, 3.63) is 60.7 Å². The Morgan fingerprint density at radius 1 is 0.447 bits per heavy atom. The molecular weight excluding hydrogens is 500 g/mol. The van der Waals surface area contributed by atoms with Crippen LogP contribution >= 0.6 is 0 Å². The Morgan fingerprint density at radius 2 is 0.737 bits per heavy atom. The van der Waals surface area contributed by atoms with Gasteiger partial charge in [0.05, 0.1) is 25.4 Å². The summed E-state index contributed by atoms with van der Waals surface area (Å²) in [5.74, 6) is 0. The average Bonchev–Trinajstić information content (AvgIpc) is 2.96. The van der Waals surface area contributed by atoms with Gasteiger partial charge in [0.25, 0.3) is 0 Å². The second-order valence-corrected chi connectivity index (χ2v) is 9.16.